The molecule has 1 aromatic carbocycles. The molecule has 0 saturated carbocycles. The Balaban J connectivity index is 2.57. The number of methoxy groups -OCH3 is 1. The Morgan fingerprint density at radius 3 is 2.58 bits per heavy atom. The van der Waals surface area contributed by atoms with Gasteiger partial charge < -0.3 is 19.9 Å². The topological polar surface area (TPSA) is 68.7 Å². The van der Waals surface area contributed by atoms with Gasteiger partial charge in [0.2, 0.25) is 5.91 Å². The predicted molar refractivity (Wildman–Crippen MR) is 74.1 cm³/mol. The molecule has 2 aromatic rings. The molecule has 19 heavy (non-hydrogen) atoms. The van der Waals surface area contributed by atoms with E-state index in [0.29, 0.717) is 0 Å². The molecule has 1 aromatic heterocycles. The van der Waals surface area contributed by atoms with Gasteiger partial charge in [0.05, 0.1) is 13.0 Å². The Labute approximate surface area is 112 Å². The summed E-state index contributed by atoms with van der Waals surface area (Å²) in [5.41, 5.74) is 1.72. The third-order valence-electron chi connectivity index (χ3n) is 3.62. The summed E-state index contributed by atoms with van der Waals surface area (Å²) in [6, 6.07) is 5.68. The van der Waals surface area contributed by atoms with E-state index in [1.807, 2.05) is 18.2 Å². The fourth-order valence-corrected chi connectivity index (χ4v) is 2.28. The fourth-order valence-electron chi connectivity index (χ4n) is 2.28. The maximum absolute atomic E-state index is 10.2. The van der Waals surface area contributed by atoms with Crippen molar-refractivity contribution in [2.24, 2.45) is 0 Å². The molecule has 2 rings (SSSR count). The highest BCUT2D eigenvalue weighted by molar-refractivity contribution is 5.89. The minimum absolute atomic E-state index is 0.493. The molecule has 104 valence electrons. The molecule has 1 heterocycles. The van der Waals surface area contributed by atoms with Gasteiger partial charge in [-0.1, -0.05) is 13.0 Å². The lowest BCUT2D eigenvalue weighted by Crippen LogP contribution is -2.48. The van der Waals surface area contributed by atoms with Gasteiger partial charge in [-0.2, -0.15) is 0 Å². The van der Waals surface area contributed by atoms with E-state index < -0.39 is 11.8 Å². The molecule has 0 amide bonds. The molecule has 0 radical (unpaired) electrons. The Bertz CT molecular complexity index is 575. The average molecular weight is 264 g/mol. The third kappa shape index (κ3) is 2.20. The highest BCUT2D eigenvalue weighted by Gasteiger charge is 2.36. The number of nitrogens with one attached hydrogen (secondary N) is 1. The van der Waals surface area contributed by atoms with E-state index in [1.165, 1.54) is 4.90 Å². The second-order valence-electron chi connectivity index (χ2n) is 4.93. The molecule has 0 aliphatic heterocycles. The Hall–Kier alpha value is -1.56. The lowest BCUT2D eigenvalue weighted by molar-refractivity contribution is -0.261. The minimum Gasteiger partial charge on any atom is -0.496 e. The molecule has 0 aliphatic carbocycles. The Kier molecular flexibility index (Phi) is 3.54. The van der Waals surface area contributed by atoms with Crippen LogP contribution in [0.15, 0.2) is 24.4 Å². The first-order chi connectivity index (χ1) is 8.89. The van der Waals surface area contributed by atoms with Crippen LogP contribution in [0.3, 0.4) is 0 Å². The number of hydrogen-bond donors (Lipinski definition) is 3. The summed E-state index contributed by atoms with van der Waals surface area (Å²) >= 11 is 0. The van der Waals surface area contributed by atoms with Crippen molar-refractivity contribution < 1.29 is 14.9 Å². The molecule has 1 atom stereocenters. The number of hydrogen-bond acceptors (Lipinski definition) is 4. The van der Waals surface area contributed by atoms with Gasteiger partial charge in [-0.3, -0.25) is 4.90 Å². The summed E-state index contributed by atoms with van der Waals surface area (Å²) in [6.07, 6.45) is 1.79. The maximum atomic E-state index is 10.2. The van der Waals surface area contributed by atoms with Crippen LogP contribution in [0.2, 0.25) is 0 Å². The van der Waals surface area contributed by atoms with Crippen molar-refractivity contribution in [1.29, 1.82) is 0 Å². The number of aromatic amines is 1. The smallest absolute Gasteiger partial charge is 0.231 e. The molecule has 0 spiro atoms. The zero-order chi connectivity index (χ0) is 14.2. The van der Waals surface area contributed by atoms with E-state index in [1.54, 1.807) is 34.3 Å². The molecular formula is C14H20N2O3. The molecule has 0 bridgehead atoms. The lowest BCUT2D eigenvalue weighted by atomic mass is 9.95. The van der Waals surface area contributed by atoms with E-state index in [4.69, 9.17) is 4.74 Å². The van der Waals surface area contributed by atoms with E-state index in [-0.39, 0.29) is 0 Å². The zero-order valence-electron chi connectivity index (χ0n) is 11.6. The van der Waals surface area contributed by atoms with Crippen LogP contribution in [0.4, 0.5) is 0 Å². The summed E-state index contributed by atoms with van der Waals surface area (Å²) in [6.45, 7) is 1.77. The fraction of sp³-hybridized carbons (Fsp3) is 0.429. The van der Waals surface area contributed by atoms with Crippen molar-refractivity contribution in [3.05, 3.63) is 30.0 Å². The van der Waals surface area contributed by atoms with Crippen LogP contribution in [0.25, 0.3) is 10.9 Å². The van der Waals surface area contributed by atoms with E-state index in [0.717, 1.165) is 22.2 Å². The Morgan fingerprint density at radius 2 is 2.00 bits per heavy atom. The Morgan fingerprint density at radius 1 is 1.32 bits per heavy atom. The van der Waals surface area contributed by atoms with Gasteiger partial charge in [-0.05, 0) is 31.8 Å². The zero-order valence-corrected chi connectivity index (χ0v) is 11.6. The number of ether oxygens (including phenoxy) is 1. The van der Waals surface area contributed by atoms with Crippen LogP contribution in [0.1, 0.15) is 18.4 Å². The number of likely N-dealkylation sites (N-methyl/N-ethyl adjacent to an activating group) is 1. The highest BCUT2D eigenvalue weighted by Crippen LogP contribution is 2.37. The molecule has 5 heteroatoms. The van der Waals surface area contributed by atoms with E-state index in [2.05, 4.69) is 4.98 Å². The average Bonchev–Trinajstić information content (AvgIpc) is 2.81. The van der Waals surface area contributed by atoms with Gasteiger partial charge in [0.1, 0.15) is 5.75 Å². The number of fused-ring (bicyclic) bond motifs is 1. The van der Waals surface area contributed by atoms with Crippen molar-refractivity contribution in [3.63, 3.8) is 0 Å². The van der Waals surface area contributed by atoms with Crippen molar-refractivity contribution in [2.45, 2.75) is 18.8 Å². The maximum Gasteiger partial charge on any atom is 0.231 e. The normalized spacial score (nSPS) is 14.1. The largest absolute Gasteiger partial charge is 0.496 e. The highest BCUT2D eigenvalue weighted by atomic mass is 16.5. The first-order valence-electron chi connectivity index (χ1n) is 6.15. The van der Waals surface area contributed by atoms with Gasteiger partial charge in [-0.25, -0.2) is 0 Å². The van der Waals surface area contributed by atoms with Crippen molar-refractivity contribution in [1.82, 2.24) is 9.88 Å². The van der Waals surface area contributed by atoms with Crippen LogP contribution in [0, 0.1) is 0 Å². The standard InChI is InChI=1S/C14H20N2O3/c1-9(14(17,18)16(2)3)10-8-15-11-6-5-7-12(19-4)13(10)11/h5-9,15,17-18H,1-4H3. The third-order valence-corrected chi connectivity index (χ3v) is 3.62. The molecule has 3 N–H and O–H groups in total. The molecule has 0 fully saturated rings. The molecule has 1 unspecified atom stereocenters. The lowest BCUT2D eigenvalue weighted by Gasteiger charge is -2.34. The number of aromatic nitrogens is 1. The first kappa shape index (κ1) is 13.9. The summed E-state index contributed by atoms with van der Waals surface area (Å²) in [4.78, 5) is 4.51. The van der Waals surface area contributed by atoms with Gasteiger partial charge in [0.25, 0.3) is 0 Å². The number of benzene rings is 1. The van der Waals surface area contributed by atoms with Crippen LogP contribution in [-0.4, -0.2) is 47.2 Å². The predicted octanol–water partition coefficient (Wildman–Crippen LogP) is 1.48. The van der Waals surface area contributed by atoms with Crippen LogP contribution < -0.4 is 4.74 Å². The quantitative estimate of drug-likeness (QED) is 0.732. The monoisotopic (exact) mass is 264 g/mol. The van der Waals surface area contributed by atoms with Crippen LogP contribution >= 0.6 is 0 Å². The van der Waals surface area contributed by atoms with E-state index in [9.17, 15) is 10.2 Å². The summed E-state index contributed by atoms with van der Waals surface area (Å²) in [5, 5.41) is 21.2. The van der Waals surface area contributed by atoms with Crippen LogP contribution in [0.5, 0.6) is 5.75 Å². The van der Waals surface area contributed by atoms with Gasteiger partial charge in [-0.15, -0.1) is 0 Å². The number of aliphatic hydroxyl groups is 2. The first-order valence-corrected chi connectivity index (χ1v) is 6.15. The second-order valence-corrected chi connectivity index (χ2v) is 4.93. The summed E-state index contributed by atoms with van der Waals surface area (Å²) < 4.78 is 5.35. The number of H-pyrrole nitrogens is 1. The minimum atomic E-state index is -1.92. The summed E-state index contributed by atoms with van der Waals surface area (Å²) in [7, 11) is 4.86. The van der Waals surface area contributed by atoms with Crippen LogP contribution in [-0.2, 0) is 0 Å². The SMILES string of the molecule is COc1cccc2[nH]cc(C(C)C(O)(O)N(C)C)c12. The van der Waals surface area contributed by atoms with Gasteiger partial charge >= 0.3 is 0 Å². The number of rotatable bonds is 4. The molecule has 0 saturated heterocycles. The second kappa shape index (κ2) is 4.85. The van der Waals surface area contributed by atoms with Crippen molar-refractivity contribution in [3.8, 4) is 5.75 Å². The van der Waals surface area contributed by atoms with Crippen molar-refractivity contribution >= 4 is 10.9 Å². The molecule has 5 nitrogen and oxygen atoms in total. The van der Waals surface area contributed by atoms with Crippen molar-refractivity contribution in [2.75, 3.05) is 21.2 Å². The molecule has 0 aliphatic rings. The number of nitrogens with zero attached hydrogens (tertiary/aromatic N) is 1. The van der Waals surface area contributed by atoms with E-state index >= 15 is 0 Å². The van der Waals surface area contributed by atoms with Gasteiger partial charge in [0.15, 0.2) is 0 Å². The summed E-state index contributed by atoms with van der Waals surface area (Å²) in [5.74, 6) is -1.70. The molecular weight excluding hydrogens is 244 g/mol. The van der Waals surface area contributed by atoms with Gasteiger partial charge in [0, 0.05) is 17.1 Å².